The van der Waals surface area contributed by atoms with Crippen LogP contribution in [0.1, 0.15) is 37.7 Å². The number of aliphatic hydroxyl groups excluding tert-OH is 1. The van der Waals surface area contributed by atoms with Gasteiger partial charge < -0.3 is 25.6 Å². The van der Waals surface area contributed by atoms with E-state index in [4.69, 9.17) is 43.8 Å². The van der Waals surface area contributed by atoms with Gasteiger partial charge in [-0.05, 0) is 74.5 Å². The van der Waals surface area contributed by atoms with Crippen molar-refractivity contribution in [3.05, 3.63) is 58.3 Å². The number of likely N-dealkylation sites (tertiary alicyclic amines) is 1. The smallest absolute Gasteiger partial charge is 0.303 e. The highest BCUT2D eigenvalue weighted by Gasteiger charge is 2.31. The summed E-state index contributed by atoms with van der Waals surface area (Å²) in [5.74, 6) is 0.892. The number of hydrogen-bond acceptors (Lipinski definition) is 9. The van der Waals surface area contributed by atoms with Gasteiger partial charge in [0.15, 0.2) is 5.75 Å². The standard InChI is InChI=1S/C29H34Cl2N6O4/c30-22-12-21(13-23(31)14-22)25-9-20(17-36-5-1-19(2-6-36)11-27(39)40)10-26(35-25)41-24-15-33-28(34-16-24)37-7-3-29(32,18-38)4-8-37/h9-10,12-16,19,38H,1-8,11,17-18,32H2,(H,39,40). The Kier molecular flexibility index (Phi) is 9.25. The van der Waals surface area contributed by atoms with E-state index in [0.717, 1.165) is 37.1 Å². The van der Waals surface area contributed by atoms with Crippen LogP contribution in [0.4, 0.5) is 5.95 Å². The van der Waals surface area contributed by atoms with Crippen LogP contribution < -0.4 is 15.4 Å². The Labute approximate surface area is 249 Å². The number of halogens is 2. The van der Waals surface area contributed by atoms with E-state index >= 15 is 0 Å². The van der Waals surface area contributed by atoms with E-state index in [1.54, 1.807) is 18.5 Å². The Morgan fingerprint density at radius 2 is 1.68 bits per heavy atom. The molecule has 3 aromatic rings. The maximum Gasteiger partial charge on any atom is 0.303 e. The number of nitrogens with zero attached hydrogens (tertiary/aromatic N) is 5. The number of carboxylic acids is 1. The van der Waals surface area contributed by atoms with E-state index in [2.05, 4.69) is 14.9 Å². The Morgan fingerprint density at radius 3 is 2.29 bits per heavy atom. The highest BCUT2D eigenvalue weighted by Crippen LogP contribution is 2.31. The summed E-state index contributed by atoms with van der Waals surface area (Å²) in [7, 11) is 0. The monoisotopic (exact) mass is 600 g/mol. The van der Waals surface area contributed by atoms with Crippen molar-refractivity contribution in [1.82, 2.24) is 19.9 Å². The van der Waals surface area contributed by atoms with Crippen molar-refractivity contribution in [1.29, 1.82) is 0 Å². The van der Waals surface area contributed by atoms with Crippen molar-refractivity contribution in [2.75, 3.05) is 37.7 Å². The van der Waals surface area contributed by atoms with Gasteiger partial charge in [0.1, 0.15) is 0 Å². The number of carboxylic acid groups (broad SMARTS) is 1. The lowest BCUT2D eigenvalue weighted by Gasteiger charge is -2.37. The minimum Gasteiger partial charge on any atom is -0.481 e. The number of nitrogens with two attached hydrogens (primary N) is 1. The van der Waals surface area contributed by atoms with Crippen molar-refractivity contribution >= 4 is 35.1 Å². The third-order valence-electron chi connectivity index (χ3n) is 7.79. The molecule has 218 valence electrons. The first-order valence-electron chi connectivity index (χ1n) is 13.7. The second-order valence-corrected chi connectivity index (χ2v) is 11.9. The Morgan fingerprint density at radius 1 is 1.02 bits per heavy atom. The second-order valence-electron chi connectivity index (χ2n) is 11.0. The number of hydrogen-bond donors (Lipinski definition) is 3. The molecule has 0 spiro atoms. The molecular formula is C29H34Cl2N6O4. The Bertz CT molecular complexity index is 1340. The molecule has 2 aliphatic rings. The average Bonchev–Trinajstić information content (AvgIpc) is 2.94. The quantitative estimate of drug-likeness (QED) is 0.319. The number of aliphatic hydroxyl groups is 1. The summed E-state index contributed by atoms with van der Waals surface area (Å²) in [5.41, 5.74) is 8.08. The van der Waals surface area contributed by atoms with E-state index in [-0.39, 0.29) is 18.9 Å². The van der Waals surface area contributed by atoms with Crippen LogP contribution in [0.25, 0.3) is 11.3 Å². The Hall–Kier alpha value is -3.02. The normalized spacial score (nSPS) is 17.9. The van der Waals surface area contributed by atoms with Gasteiger partial charge in [-0.2, -0.15) is 0 Å². The van der Waals surface area contributed by atoms with Crippen LogP contribution in [0.3, 0.4) is 0 Å². The predicted octanol–water partition coefficient (Wildman–Crippen LogP) is 4.61. The molecule has 5 rings (SSSR count). The fourth-order valence-corrected chi connectivity index (χ4v) is 5.89. The molecule has 0 saturated carbocycles. The largest absolute Gasteiger partial charge is 0.481 e. The van der Waals surface area contributed by atoms with Gasteiger partial charge in [0.25, 0.3) is 0 Å². The van der Waals surface area contributed by atoms with Crippen molar-refractivity contribution < 1.29 is 19.7 Å². The highest BCUT2D eigenvalue weighted by atomic mass is 35.5. The van der Waals surface area contributed by atoms with Gasteiger partial charge in [0.2, 0.25) is 11.8 Å². The lowest BCUT2D eigenvalue weighted by atomic mass is 9.90. The molecule has 12 heteroatoms. The van der Waals surface area contributed by atoms with Crippen molar-refractivity contribution in [2.45, 2.75) is 44.2 Å². The van der Waals surface area contributed by atoms with Crippen LogP contribution in [-0.4, -0.2) is 74.4 Å². The number of carbonyl (C=O) groups is 1. The fraction of sp³-hybridized carbons (Fsp3) is 0.448. The summed E-state index contributed by atoms with van der Waals surface area (Å²) in [6.07, 6.45) is 6.49. The van der Waals surface area contributed by atoms with E-state index in [1.165, 1.54) is 0 Å². The lowest BCUT2D eigenvalue weighted by Crippen LogP contribution is -2.53. The van der Waals surface area contributed by atoms with Crippen LogP contribution in [0, 0.1) is 5.92 Å². The zero-order valence-electron chi connectivity index (χ0n) is 22.7. The minimum atomic E-state index is -0.739. The van der Waals surface area contributed by atoms with Gasteiger partial charge in [0.05, 0.1) is 24.7 Å². The van der Waals surface area contributed by atoms with Gasteiger partial charge in [0, 0.05) is 53.3 Å². The van der Waals surface area contributed by atoms with Crippen molar-refractivity contribution in [2.24, 2.45) is 11.7 Å². The summed E-state index contributed by atoms with van der Waals surface area (Å²) in [5, 5.41) is 19.7. The van der Waals surface area contributed by atoms with Gasteiger partial charge in [-0.3, -0.25) is 9.69 Å². The summed E-state index contributed by atoms with van der Waals surface area (Å²) < 4.78 is 6.13. The summed E-state index contributed by atoms with van der Waals surface area (Å²) in [6.45, 7) is 3.61. The van der Waals surface area contributed by atoms with Gasteiger partial charge >= 0.3 is 5.97 Å². The van der Waals surface area contributed by atoms with Crippen LogP contribution in [0.5, 0.6) is 11.6 Å². The zero-order valence-corrected chi connectivity index (χ0v) is 24.2. The number of ether oxygens (including phenoxy) is 1. The third-order valence-corrected chi connectivity index (χ3v) is 8.23. The molecule has 0 bridgehead atoms. The topological polar surface area (TPSA) is 138 Å². The molecule has 0 atom stereocenters. The fourth-order valence-electron chi connectivity index (χ4n) is 5.36. The maximum absolute atomic E-state index is 11.1. The maximum atomic E-state index is 11.1. The number of pyridine rings is 1. The predicted molar refractivity (Wildman–Crippen MR) is 158 cm³/mol. The number of benzene rings is 1. The van der Waals surface area contributed by atoms with Crippen LogP contribution in [-0.2, 0) is 11.3 Å². The van der Waals surface area contributed by atoms with Crippen molar-refractivity contribution in [3.63, 3.8) is 0 Å². The number of aliphatic carboxylic acids is 1. The molecule has 0 unspecified atom stereocenters. The number of anilines is 1. The third kappa shape index (κ3) is 7.84. The molecule has 41 heavy (non-hydrogen) atoms. The molecule has 0 aliphatic carbocycles. The number of piperidine rings is 2. The first kappa shape index (κ1) is 29.5. The molecule has 2 fully saturated rings. The lowest BCUT2D eigenvalue weighted by molar-refractivity contribution is -0.138. The molecular weight excluding hydrogens is 567 g/mol. The molecule has 1 aromatic carbocycles. The van der Waals surface area contributed by atoms with Gasteiger partial charge in [-0.1, -0.05) is 23.2 Å². The summed E-state index contributed by atoms with van der Waals surface area (Å²) in [4.78, 5) is 29.2. The molecule has 10 nitrogen and oxygen atoms in total. The second kappa shape index (κ2) is 12.9. The first-order valence-corrected chi connectivity index (χ1v) is 14.5. The zero-order chi connectivity index (χ0) is 29.0. The SMILES string of the molecule is NC1(CO)CCN(c2ncc(Oc3cc(CN4CCC(CC(=O)O)CC4)cc(-c4cc(Cl)cc(Cl)c4)n3)cn2)CC1. The van der Waals surface area contributed by atoms with E-state index < -0.39 is 11.5 Å². The number of aromatic nitrogens is 3. The average molecular weight is 602 g/mol. The summed E-state index contributed by atoms with van der Waals surface area (Å²) in [6, 6.07) is 9.19. The van der Waals surface area contributed by atoms with Crippen LogP contribution >= 0.6 is 23.2 Å². The molecule has 2 saturated heterocycles. The van der Waals surface area contributed by atoms with E-state index in [1.807, 2.05) is 29.2 Å². The molecule has 4 N–H and O–H groups in total. The molecule has 4 heterocycles. The van der Waals surface area contributed by atoms with E-state index in [9.17, 15) is 9.90 Å². The summed E-state index contributed by atoms with van der Waals surface area (Å²) >= 11 is 12.6. The Balaban J connectivity index is 1.33. The first-order chi connectivity index (χ1) is 19.7. The van der Waals surface area contributed by atoms with Crippen LogP contribution in [0.15, 0.2) is 42.7 Å². The minimum absolute atomic E-state index is 0.0348. The molecule has 2 aliphatic heterocycles. The van der Waals surface area contributed by atoms with Gasteiger partial charge in [-0.25, -0.2) is 15.0 Å². The van der Waals surface area contributed by atoms with Crippen LogP contribution in [0.2, 0.25) is 10.0 Å². The van der Waals surface area contributed by atoms with E-state index in [0.29, 0.717) is 65.8 Å². The highest BCUT2D eigenvalue weighted by molar-refractivity contribution is 6.35. The molecule has 0 amide bonds. The number of rotatable bonds is 9. The van der Waals surface area contributed by atoms with Gasteiger partial charge in [-0.15, -0.1) is 0 Å². The molecule has 0 radical (unpaired) electrons. The van der Waals surface area contributed by atoms with Crippen molar-refractivity contribution in [3.8, 4) is 22.9 Å². The molecule has 2 aromatic heterocycles.